The highest BCUT2D eigenvalue weighted by Gasteiger charge is 2.33. The fourth-order valence-electron chi connectivity index (χ4n) is 4.70. The number of ether oxygens (including phenoxy) is 2. The van der Waals surface area contributed by atoms with Gasteiger partial charge in [-0.3, -0.25) is 9.36 Å². The number of allylic oxidation sites excluding steroid dienone is 1. The number of aromatic nitrogens is 1. The first kappa shape index (κ1) is 28.6. The Labute approximate surface area is 250 Å². The summed E-state index contributed by atoms with van der Waals surface area (Å²) in [5, 5.41) is 0. The number of benzene rings is 3. The van der Waals surface area contributed by atoms with Crippen LogP contribution in [0.5, 0.6) is 5.75 Å². The average molecular weight is 633 g/mol. The number of hydrogen-bond donors (Lipinski definition) is 0. The Morgan fingerprint density at radius 2 is 1.83 bits per heavy atom. The molecule has 210 valence electrons. The summed E-state index contributed by atoms with van der Waals surface area (Å²) in [5.74, 6) is 0.176. The number of halogens is 1. The zero-order valence-corrected chi connectivity index (χ0v) is 25.7. The van der Waals surface area contributed by atoms with Crippen LogP contribution in [0.4, 0.5) is 5.69 Å². The lowest BCUT2D eigenvalue weighted by Gasteiger charge is -2.25. The molecule has 9 heteroatoms. The number of hydrogen-bond acceptors (Lipinski definition) is 7. The Hall–Kier alpha value is -3.95. The van der Waals surface area contributed by atoms with Gasteiger partial charge in [0.05, 0.1) is 28.5 Å². The number of anilines is 1. The molecular weight excluding hydrogens is 602 g/mol. The van der Waals surface area contributed by atoms with Gasteiger partial charge < -0.3 is 14.4 Å². The molecule has 1 aromatic heterocycles. The molecule has 4 aromatic rings. The summed E-state index contributed by atoms with van der Waals surface area (Å²) in [5.41, 5.74) is 4.27. The lowest BCUT2D eigenvalue weighted by molar-refractivity contribution is -0.139. The molecule has 0 saturated heterocycles. The van der Waals surface area contributed by atoms with Gasteiger partial charge in [0, 0.05) is 29.8 Å². The van der Waals surface area contributed by atoms with Crippen molar-refractivity contribution in [2.75, 3.05) is 25.6 Å². The van der Waals surface area contributed by atoms with Crippen molar-refractivity contribution in [3.05, 3.63) is 125 Å². The van der Waals surface area contributed by atoms with Gasteiger partial charge in [-0.25, -0.2) is 9.79 Å². The summed E-state index contributed by atoms with van der Waals surface area (Å²) in [6.45, 7) is 4.17. The molecule has 0 N–H and O–H groups in total. The first-order valence-electron chi connectivity index (χ1n) is 13.2. The Morgan fingerprint density at radius 3 is 2.51 bits per heavy atom. The molecule has 0 amide bonds. The molecule has 1 aliphatic rings. The highest BCUT2D eigenvalue weighted by molar-refractivity contribution is 9.10. The van der Waals surface area contributed by atoms with E-state index in [0.717, 1.165) is 26.9 Å². The molecule has 2 heterocycles. The van der Waals surface area contributed by atoms with Crippen LogP contribution >= 0.6 is 27.3 Å². The van der Waals surface area contributed by atoms with Crippen LogP contribution in [0.25, 0.3) is 6.08 Å². The number of carbonyl (C=O) groups excluding carboxylic acids is 1. The Morgan fingerprint density at radius 1 is 1.10 bits per heavy atom. The van der Waals surface area contributed by atoms with E-state index in [-0.39, 0.29) is 12.2 Å². The van der Waals surface area contributed by atoms with E-state index in [4.69, 9.17) is 9.47 Å². The number of thiazole rings is 1. The maximum absolute atomic E-state index is 14.0. The van der Waals surface area contributed by atoms with E-state index in [1.54, 1.807) is 18.4 Å². The molecule has 0 saturated carbocycles. The number of esters is 1. The first-order valence-corrected chi connectivity index (χ1v) is 14.8. The molecule has 5 rings (SSSR count). The van der Waals surface area contributed by atoms with Gasteiger partial charge in [0.2, 0.25) is 0 Å². The molecule has 0 fully saturated rings. The smallest absolute Gasteiger partial charge is 0.338 e. The molecule has 7 nitrogen and oxygen atoms in total. The lowest BCUT2D eigenvalue weighted by Crippen LogP contribution is -2.40. The van der Waals surface area contributed by atoms with E-state index in [1.165, 1.54) is 11.3 Å². The molecule has 1 unspecified atom stereocenters. The molecule has 0 aliphatic carbocycles. The van der Waals surface area contributed by atoms with Crippen LogP contribution in [0.2, 0.25) is 0 Å². The van der Waals surface area contributed by atoms with Gasteiger partial charge in [-0.15, -0.1) is 0 Å². The van der Waals surface area contributed by atoms with Gasteiger partial charge in [-0.2, -0.15) is 0 Å². The zero-order chi connectivity index (χ0) is 29.1. The van der Waals surface area contributed by atoms with Crippen molar-refractivity contribution in [3.8, 4) is 5.75 Å². The number of fused-ring (bicyclic) bond motifs is 1. The first-order chi connectivity index (χ1) is 19.8. The van der Waals surface area contributed by atoms with E-state index in [2.05, 4.69) is 20.9 Å². The van der Waals surface area contributed by atoms with Crippen LogP contribution in [0.1, 0.15) is 36.6 Å². The molecule has 0 radical (unpaired) electrons. The highest BCUT2D eigenvalue weighted by Crippen LogP contribution is 2.32. The maximum atomic E-state index is 14.0. The SMILES string of the molecule is CCOC(=O)C1=C(C)N=c2s/c(=C/c3cc(Br)ccc3OCc3ccccc3)c(=O)n2C1c1ccc(N(C)C)cc1. The minimum Gasteiger partial charge on any atom is -0.488 e. The predicted octanol–water partition coefficient (Wildman–Crippen LogP) is 5.21. The lowest BCUT2D eigenvalue weighted by atomic mass is 9.95. The molecule has 1 aliphatic heterocycles. The van der Waals surface area contributed by atoms with Crippen LogP contribution in [-0.2, 0) is 16.1 Å². The fraction of sp³-hybridized carbons (Fsp3) is 0.219. The third kappa shape index (κ3) is 6.06. The summed E-state index contributed by atoms with van der Waals surface area (Å²) in [4.78, 5) is 34.4. The van der Waals surface area contributed by atoms with Crippen LogP contribution in [0.3, 0.4) is 0 Å². The number of carbonyl (C=O) groups is 1. The maximum Gasteiger partial charge on any atom is 0.338 e. The fourth-order valence-corrected chi connectivity index (χ4v) is 6.12. The van der Waals surface area contributed by atoms with Gasteiger partial charge in [0.25, 0.3) is 5.56 Å². The topological polar surface area (TPSA) is 73.1 Å². The van der Waals surface area contributed by atoms with Crippen molar-refractivity contribution < 1.29 is 14.3 Å². The van der Waals surface area contributed by atoms with E-state index < -0.39 is 12.0 Å². The summed E-state index contributed by atoms with van der Waals surface area (Å²) < 4.78 is 14.5. The third-order valence-corrected chi connectivity index (χ3v) is 8.21. The molecular formula is C32H30BrN3O4S. The quantitative estimate of drug-likeness (QED) is 0.250. The molecule has 1 atom stereocenters. The van der Waals surface area contributed by atoms with Crippen LogP contribution in [-0.4, -0.2) is 31.2 Å². The van der Waals surface area contributed by atoms with E-state index in [1.807, 2.05) is 97.9 Å². The van der Waals surface area contributed by atoms with Crippen molar-refractivity contribution in [2.24, 2.45) is 4.99 Å². The molecule has 3 aromatic carbocycles. The van der Waals surface area contributed by atoms with Gasteiger partial charge in [-0.1, -0.05) is 69.7 Å². The van der Waals surface area contributed by atoms with Crippen molar-refractivity contribution in [2.45, 2.75) is 26.5 Å². The summed E-state index contributed by atoms with van der Waals surface area (Å²) in [6, 6.07) is 22.8. The number of rotatable bonds is 8. The van der Waals surface area contributed by atoms with E-state index in [9.17, 15) is 9.59 Å². The average Bonchev–Trinajstić information content (AvgIpc) is 3.26. The Bertz CT molecular complexity index is 1790. The second-order valence-electron chi connectivity index (χ2n) is 9.74. The van der Waals surface area contributed by atoms with Gasteiger partial charge in [0.1, 0.15) is 12.4 Å². The molecule has 0 bridgehead atoms. The largest absolute Gasteiger partial charge is 0.488 e. The zero-order valence-electron chi connectivity index (χ0n) is 23.3. The van der Waals surface area contributed by atoms with Crippen LogP contribution in [0.15, 0.2) is 98.3 Å². The second-order valence-corrected chi connectivity index (χ2v) is 11.7. The molecule has 41 heavy (non-hydrogen) atoms. The monoisotopic (exact) mass is 631 g/mol. The minimum absolute atomic E-state index is 0.223. The minimum atomic E-state index is -0.667. The van der Waals surface area contributed by atoms with Crippen molar-refractivity contribution in [1.29, 1.82) is 0 Å². The van der Waals surface area contributed by atoms with Crippen molar-refractivity contribution in [3.63, 3.8) is 0 Å². The summed E-state index contributed by atoms with van der Waals surface area (Å²) in [6.07, 6.45) is 1.82. The van der Waals surface area contributed by atoms with Crippen LogP contribution < -0.4 is 24.5 Å². The van der Waals surface area contributed by atoms with Crippen molar-refractivity contribution >= 4 is 45.0 Å². The van der Waals surface area contributed by atoms with Gasteiger partial charge >= 0.3 is 5.97 Å². The predicted molar refractivity (Wildman–Crippen MR) is 166 cm³/mol. The summed E-state index contributed by atoms with van der Waals surface area (Å²) in [7, 11) is 3.93. The van der Waals surface area contributed by atoms with Gasteiger partial charge in [0.15, 0.2) is 4.80 Å². The third-order valence-electron chi connectivity index (χ3n) is 6.74. The highest BCUT2D eigenvalue weighted by atomic mass is 79.9. The van der Waals surface area contributed by atoms with Crippen molar-refractivity contribution in [1.82, 2.24) is 4.57 Å². The van der Waals surface area contributed by atoms with E-state index >= 15 is 0 Å². The second kappa shape index (κ2) is 12.3. The summed E-state index contributed by atoms with van der Waals surface area (Å²) >= 11 is 4.83. The Kier molecular flexibility index (Phi) is 8.56. The van der Waals surface area contributed by atoms with E-state index in [0.29, 0.717) is 33.0 Å². The molecule has 0 spiro atoms. The number of nitrogens with zero attached hydrogens (tertiary/aromatic N) is 3. The standard InChI is InChI=1S/C32H30BrN3O4S/c1-5-39-31(38)28-20(2)34-32-36(29(28)22-11-14-25(15-12-22)35(3)4)30(37)27(41-32)18-23-17-24(33)13-16-26(23)40-19-21-9-7-6-8-10-21/h6-18,29H,5,19H2,1-4H3/b27-18+. The Balaban J connectivity index is 1.63. The van der Waals surface area contributed by atoms with Gasteiger partial charge in [-0.05, 0) is 61.4 Å². The van der Waals surface area contributed by atoms with Crippen LogP contribution in [0, 0.1) is 0 Å². The normalized spacial score (nSPS) is 14.9.